The van der Waals surface area contributed by atoms with Crippen LogP contribution in [0.2, 0.25) is 0 Å². The molecule has 1 aliphatic rings. The highest BCUT2D eigenvalue weighted by Gasteiger charge is 2.44. The van der Waals surface area contributed by atoms with Gasteiger partial charge >= 0.3 is 0 Å². The van der Waals surface area contributed by atoms with Crippen LogP contribution in [-0.4, -0.2) is 41.3 Å². The molecule has 3 rings (SSSR count). The Morgan fingerprint density at radius 1 is 1.21 bits per heavy atom. The van der Waals surface area contributed by atoms with Crippen LogP contribution in [0.15, 0.2) is 42.5 Å². The predicted octanol–water partition coefficient (Wildman–Crippen LogP) is 1.38. The third kappa shape index (κ3) is 3.85. The molecular weight excluding hydrogens is 379 g/mol. The number of hydrogen-bond donors (Lipinski definition) is 3. The number of ether oxygens (including phenoxy) is 1. The number of carbonyl (C=O) groups excluding carboxylic acids is 3. The van der Waals surface area contributed by atoms with E-state index in [-0.39, 0.29) is 30.1 Å². The molecule has 150 valence electrons. The average molecular weight is 398 g/mol. The first-order chi connectivity index (χ1) is 13.8. The van der Waals surface area contributed by atoms with Gasteiger partial charge in [-0.2, -0.15) is 0 Å². The molecule has 1 heterocycles. The SMILES string of the molecule is CCOC(C(=O)NCc1ccc(C(=N)N)cc1)N1C(=O)c2cccc(F)c2C1=O. The second kappa shape index (κ2) is 8.19. The van der Waals surface area contributed by atoms with Gasteiger partial charge in [0.05, 0.1) is 11.1 Å². The fourth-order valence-corrected chi connectivity index (χ4v) is 2.98. The number of amides is 3. The van der Waals surface area contributed by atoms with Crippen molar-refractivity contribution in [3.63, 3.8) is 0 Å². The Hall–Kier alpha value is -3.59. The van der Waals surface area contributed by atoms with Crippen molar-refractivity contribution in [3.05, 3.63) is 70.5 Å². The van der Waals surface area contributed by atoms with Crippen molar-refractivity contribution in [3.8, 4) is 0 Å². The van der Waals surface area contributed by atoms with E-state index in [1.165, 1.54) is 12.1 Å². The van der Waals surface area contributed by atoms with Crippen molar-refractivity contribution in [1.82, 2.24) is 10.2 Å². The van der Waals surface area contributed by atoms with Crippen molar-refractivity contribution >= 4 is 23.6 Å². The first-order valence-electron chi connectivity index (χ1n) is 8.84. The van der Waals surface area contributed by atoms with Gasteiger partial charge in [-0.25, -0.2) is 9.29 Å². The summed E-state index contributed by atoms with van der Waals surface area (Å²) in [4.78, 5) is 38.5. The molecule has 1 unspecified atom stereocenters. The highest BCUT2D eigenvalue weighted by molar-refractivity contribution is 6.22. The smallest absolute Gasteiger partial charge is 0.271 e. The molecule has 9 heteroatoms. The predicted molar refractivity (Wildman–Crippen MR) is 102 cm³/mol. The van der Waals surface area contributed by atoms with Gasteiger partial charge in [0, 0.05) is 18.7 Å². The fourth-order valence-electron chi connectivity index (χ4n) is 2.98. The van der Waals surface area contributed by atoms with E-state index in [9.17, 15) is 18.8 Å². The van der Waals surface area contributed by atoms with Gasteiger partial charge in [-0.3, -0.25) is 19.8 Å². The lowest BCUT2D eigenvalue weighted by atomic mass is 10.1. The van der Waals surface area contributed by atoms with Crippen LogP contribution in [0.3, 0.4) is 0 Å². The number of amidine groups is 1. The topological polar surface area (TPSA) is 126 Å². The average Bonchev–Trinajstić information content (AvgIpc) is 2.96. The number of nitrogens with zero attached hydrogens (tertiary/aromatic N) is 1. The van der Waals surface area contributed by atoms with Crippen molar-refractivity contribution < 1.29 is 23.5 Å². The molecule has 29 heavy (non-hydrogen) atoms. The summed E-state index contributed by atoms with van der Waals surface area (Å²) in [6, 6.07) is 10.4. The number of nitrogens with one attached hydrogen (secondary N) is 2. The lowest BCUT2D eigenvalue weighted by molar-refractivity contribution is -0.140. The standard InChI is InChI=1S/C20H19FN4O4/c1-2-29-20(17(26)24-10-11-6-8-12(9-7-11)16(22)23)25-18(27)13-4-3-5-14(21)15(13)19(25)28/h3-9,20H,2,10H2,1H3,(H3,22,23)(H,24,26). The summed E-state index contributed by atoms with van der Waals surface area (Å²) in [5, 5.41) is 9.98. The highest BCUT2D eigenvalue weighted by Crippen LogP contribution is 2.27. The highest BCUT2D eigenvalue weighted by atomic mass is 19.1. The second-order valence-electron chi connectivity index (χ2n) is 6.28. The van der Waals surface area contributed by atoms with Crippen molar-refractivity contribution in [2.75, 3.05) is 6.61 Å². The molecule has 0 saturated heterocycles. The molecule has 4 N–H and O–H groups in total. The molecule has 2 aromatic carbocycles. The number of rotatable bonds is 7. The molecule has 1 atom stereocenters. The zero-order valence-corrected chi connectivity index (χ0v) is 15.6. The fraction of sp³-hybridized carbons (Fsp3) is 0.200. The molecule has 1 aliphatic heterocycles. The summed E-state index contributed by atoms with van der Waals surface area (Å²) in [5.41, 5.74) is 6.19. The summed E-state index contributed by atoms with van der Waals surface area (Å²) < 4.78 is 19.4. The van der Waals surface area contributed by atoms with E-state index in [0.717, 1.165) is 6.07 Å². The second-order valence-corrected chi connectivity index (χ2v) is 6.28. The molecule has 0 bridgehead atoms. The Balaban J connectivity index is 1.76. The Kier molecular flexibility index (Phi) is 5.69. The van der Waals surface area contributed by atoms with Crippen LogP contribution in [-0.2, 0) is 16.1 Å². The Labute approximate surface area is 166 Å². The maximum absolute atomic E-state index is 14.0. The van der Waals surface area contributed by atoms with E-state index in [1.54, 1.807) is 31.2 Å². The maximum Gasteiger partial charge on any atom is 0.271 e. The third-order valence-electron chi connectivity index (χ3n) is 4.41. The number of benzene rings is 2. The van der Waals surface area contributed by atoms with Gasteiger partial charge in [-0.05, 0) is 24.6 Å². The lowest BCUT2D eigenvalue weighted by Gasteiger charge is -2.24. The van der Waals surface area contributed by atoms with Gasteiger partial charge in [-0.15, -0.1) is 0 Å². The molecule has 0 fully saturated rings. The van der Waals surface area contributed by atoms with Crippen molar-refractivity contribution in [1.29, 1.82) is 5.41 Å². The molecule has 0 spiro atoms. The van der Waals surface area contributed by atoms with E-state index in [1.807, 2.05) is 0 Å². The largest absolute Gasteiger partial charge is 0.384 e. The minimum Gasteiger partial charge on any atom is -0.384 e. The maximum atomic E-state index is 14.0. The van der Waals surface area contributed by atoms with E-state index >= 15 is 0 Å². The first-order valence-corrected chi connectivity index (χ1v) is 8.84. The van der Waals surface area contributed by atoms with Gasteiger partial charge < -0.3 is 15.8 Å². The molecule has 3 amide bonds. The number of carbonyl (C=O) groups is 3. The molecule has 0 radical (unpaired) electrons. The van der Waals surface area contributed by atoms with Crippen molar-refractivity contribution in [2.24, 2.45) is 5.73 Å². The lowest BCUT2D eigenvalue weighted by Crippen LogP contribution is -2.51. The number of imide groups is 1. The van der Waals surface area contributed by atoms with E-state index < -0.39 is 29.8 Å². The molecule has 0 aliphatic carbocycles. The Bertz CT molecular complexity index is 990. The van der Waals surface area contributed by atoms with Gasteiger partial charge in [0.25, 0.3) is 17.7 Å². The number of hydrogen-bond acceptors (Lipinski definition) is 5. The Morgan fingerprint density at radius 3 is 2.48 bits per heavy atom. The molecule has 0 saturated carbocycles. The zero-order valence-electron chi connectivity index (χ0n) is 15.6. The molecule has 0 aromatic heterocycles. The number of fused-ring (bicyclic) bond motifs is 1. The number of nitrogen functional groups attached to an aromatic ring is 1. The first kappa shape index (κ1) is 20.2. The quantitative estimate of drug-likeness (QED) is 0.369. The number of halogens is 1. The van der Waals surface area contributed by atoms with Crippen LogP contribution >= 0.6 is 0 Å². The van der Waals surface area contributed by atoms with Gasteiger partial charge in [0.2, 0.25) is 6.23 Å². The number of nitrogens with two attached hydrogens (primary N) is 1. The van der Waals surface area contributed by atoms with Crippen LogP contribution in [0.4, 0.5) is 4.39 Å². The summed E-state index contributed by atoms with van der Waals surface area (Å²) >= 11 is 0. The Morgan fingerprint density at radius 2 is 1.90 bits per heavy atom. The summed E-state index contributed by atoms with van der Waals surface area (Å²) in [5.74, 6) is -3.32. The normalized spacial score (nSPS) is 13.9. The van der Waals surface area contributed by atoms with Crippen molar-refractivity contribution in [2.45, 2.75) is 19.7 Å². The van der Waals surface area contributed by atoms with Gasteiger partial charge in [0.15, 0.2) is 0 Å². The summed E-state index contributed by atoms with van der Waals surface area (Å²) in [6.07, 6.45) is -1.52. The third-order valence-corrected chi connectivity index (χ3v) is 4.41. The molecule has 2 aromatic rings. The van der Waals surface area contributed by atoms with Gasteiger partial charge in [-0.1, -0.05) is 30.3 Å². The molecule has 8 nitrogen and oxygen atoms in total. The summed E-state index contributed by atoms with van der Waals surface area (Å²) in [7, 11) is 0. The zero-order chi connectivity index (χ0) is 21.1. The van der Waals surface area contributed by atoms with Crippen LogP contribution in [0.1, 0.15) is 38.8 Å². The van der Waals surface area contributed by atoms with E-state index in [4.69, 9.17) is 15.9 Å². The van der Waals surface area contributed by atoms with E-state index in [2.05, 4.69) is 5.32 Å². The van der Waals surface area contributed by atoms with Gasteiger partial charge in [0.1, 0.15) is 11.7 Å². The van der Waals surface area contributed by atoms with Crippen LogP contribution in [0.25, 0.3) is 0 Å². The minimum atomic E-state index is -1.52. The van der Waals surface area contributed by atoms with Crippen LogP contribution < -0.4 is 11.1 Å². The monoisotopic (exact) mass is 398 g/mol. The molecular formula is C20H19FN4O4. The summed E-state index contributed by atoms with van der Waals surface area (Å²) in [6.45, 7) is 1.76. The van der Waals surface area contributed by atoms with Crippen LogP contribution in [0.5, 0.6) is 0 Å². The van der Waals surface area contributed by atoms with E-state index in [0.29, 0.717) is 16.0 Å². The minimum absolute atomic E-state index is 0.0568. The van der Waals surface area contributed by atoms with Crippen LogP contribution in [0, 0.1) is 11.2 Å².